The van der Waals surface area contributed by atoms with E-state index in [1.807, 2.05) is 85.9 Å². The molecule has 0 aliphatic heterocycles. The quantitative estimate of drug-likeness (QED) is 0.113. The fraction of sp³-hybridized carbons (Fsp3) is 0.146. The first-order valence-corrected chi connectivity index (χ1v) is 15.8. The molecule has 1 aromatic heterocycles. The van der Waals surface area contributed by atoms with Crippen LogP contribution in [-0.2, 0) is 21.5 Å². The van der Waals surface area contributed by atoms with Crippen LogP contribution in [-0.4, -0.2) is 34.6 Å². The van der Waals surface area contributed by atoms with Crippen LogP contribution < -0.4 is 5.32 Å². The van der Waals surface area contributed by atoms with Gasteiger partial charge in [0.05, 0.1) is 18.1 Å². The average Bonchev–Trinajstić information content (AvgIpc) is 3.71. The summed E-state index contributed by atoms with van der Waals surface area (Å²) in [5.41, 5.74) is 7.47. The maximum Gasteiger partial charge on any atom is 0.407 e. The fourth-order valence-corrected chi connectivity index (χ4v) is 6.71. The van der Waals surface area contributed by atoms with Crippen molar-refractivity contribution in [2.45, 2.75) is 30.8 Å². The van der Waals surface area contributed by atoms with Crippen molar-refractivity contribution in [3.63, 3.8) is 0 Å². The summed E-state index contributed by atoms with van der Waals surface area (Å²) in [6.45, 7) is 6.15. The highest BCUT2D eigenvalue weighted by Crippen LogP contribution is 2.45. The number of alkyl carbamates (subject to hydrolysis) is 1. The molecular formula is C41H37N3O3. The third-order valence-corrected chi connectivity index (χ3v) is 8.71. The Kier molecular flexibility index (Phi) is 9.39. The van der Waals surface area contributed by atoms with Crippen molar-refractivity contribution in [1.82, 2.24) is 14.9 Å². The van der Waals surface area contributed by atoms with Crippen LogP contribution >= 0.6 is 0 Å². The van der Waals surface area contributed by atoms with Crippen LogP contribution in [0, 0.1) is 0 Å². The van der Waals surface area contributed by atoms with Crippen LogP contribution in [0.1, 0.15) is 40.8 Å². The molecule has 1 amide bonds. The minimum absolute atomic E-state index is 0.0717. The largest absolute Gasteiger partial charge is 0.449 e. The van der Waals surface area contributed by atoms with Crippen LogP contribution in [0.15, 0.2) is 158 Å². The predicted molar refractivity (Wildman–Crippen MR) is 186 cm³/mol. The van der Waals surface area contributed by atoms with E-state index in [0.717, 1.165) is 45.2 Å². The van der Waals surface area contributed by atoms with Crippen LogP contribution in [0.25, 0.3) is 11.1 Å². The molecule has 6 heteroatoms. The molecule has 1 unspecified atom stereocenters. The van der Waals surface area contributed by atoms with Gasteiger partial charge in [-0.05, 0) is 45.9 Å². The van der Waals surface area contributed by atoms with Crippen molar-refractivity contribution in [2.75, 3.05) is 6.61 Å². The molecule has 6 nitrogen and oxygen atoms in total. The van der Waals surface area contributed by atoms with Crippen molar-refractivity contribution < 1.29 is 14.3 Å². The minimum atomic E-state index is -0.824. The van der Waals surface area contributed by atoms with E-state index in [1.54, 1.807) is 12.4 Å². The molecule has 1 heterocycles. The molecule has 0 saturated carbocycles. The van der Waals surface area contributed by atoms with Gasteiger partial charge in [-0.15, -0.1) is 0 Å². The molecule has 1 atom stereocenters. The van der Waals surface area contributed by atoms with E-state index >= 15 is 0 Å². The van der Waals surface area contributed by atoms with Gasteiger partial charge in [-0.3, -0.25) is 0 Å². The Morgan fingerprint density at radius 2 is 1.49 bits per heavy atom. The summed E-state index contributed by atoms with van der Waals surface area (Å²) < 4.78 is 7.78. The molecule has 0 radical (unpaired) electrons. The number of carbonyl (C=O) groups excluding carboxylic acids is 2. The second kappa shape index (κ2) is 14.1. The smallest absolute Gasteiger partial charge is 0.407 e. The number of amides is 1. The Hall–Kier alpha value is -5.75. The van der Waals surface area contributed by atoms with Gasteiger partial charge in [-0.25, -0.2) is 9.78 Å². The van der Waals surface area contributed by atoms with E-state index in [-0.39, 0.29) is 18.9 Å². The van der Waals surface area contributed by atoms with Gasteiger partial charge in [-0.1, -0.05) is 140 Å². The fourth-order valence-electron chi connectivity index (χ4n) is 6.71. The number of nitrogens with one attached hydrogen (secondary N) is 1. The Morgan fingerprint density at radius 1 is 0.915 bits per heavy atom. The lowest BCUT2D eigenvalue weighted by molar-refractivity contribution is -0.109. The lowest BCUT2D eigenvalue weighted by Crippen LogP contribution is -2.39. The Balaban J connectivity index is 1.24. The zero-order chi connectivity index (χ0) is 32.6. The lowest BCUT2D eigenvalue weighted by atomic mass is 9.75. The first kappa shape index (κ1) is 31.2. The van der Waals surface area contributed by atoms with Crippen LogP contribution in [0.2, 0.25) is 0 Å². The molecule has 4 aromatic carbocycles. The summed E-state index contributed by atoms with van der Waals surface area (Å²) in [4.78, 5) is 30.0. The van der Waals surface area contributed by atoms with Crippen LogP contribution in [0.3, 0.4) is 0 Å². The van der Waals surface area contributed by atoms with Gasteiger partial charge < -0.3 is 19.4 Å². The highest BCUT2D eigenvalue weighted by atomic mass is 16.5. The maximum atomic E-state index is 13.0. The number of ether oxygens (including phenoxy) is 1. The van der Waals surface area contributed by atoms with Crippen molar-refractivity contribution in [1.29, 1.82) is 0 Å². The molecule has 0 bridgehead atoms. The predicted octanol–water partition coefficient (Wildman–Crippen LogP) is 8.01. The van der Waals surface area contributed by atoms with E-state index in [4.69, 9.17) is 9.72 Å². The van der Waals surface area contributed by atoms with Gasteiger partial charge in [0.2, 0.25) is 0 Å². The second-order valence-corrected chi connectivity index (χ2v) is 11.5. The SMILES string of the molecule is C=C/C=C(\C=C/C)C(c1ccccc1)(c1ccccc1)n1cnc(CC(C=O)NC(=O)OCC2c3ccccc3-c3ccccc32)c1. The third kappa shape index (κ3) is 6.10. The number of fused-ring (bicyclic) bond motifs is 3. The summed E-state index contributed by atoms with van der Waals surface area (Å²) in [5, 5.41) is 2.75. The van der Waals surface area contributed by atoms with Gasteiger partial charge in [0.15, 0.2) is 0 Å². The first-order chi connectivity index (χ1) is 23.1. The summed E-state index contributed by atoms with van der Waals surface area (Å²) in [5.74, 6) is -0.0717. The standard InChI is InChI=1S/C41H37N3O3/c1-3-15-30(16-4-2)41(31-17-7-5-8-18-31,32-19-9-6-10-20-32)44-26-33(42-29-44)25-34(27-45)43-40(46)47-28-39-37-23-13-11-21-35(37)36-22-12-14-24-38(36)39/h3-24,26-27,29,34,39H,1,25,28H2,2H3,(H,43,46)/b16-4-,30-15+. The summed E-state index contributed by atoms with van der Waals surface area (Å²) in [7, 11) is 0. The Bertz CT molecular complexity index is 1840. The molecule has 5 aromatic rings. The van der Waals surface area contributed by atoms with E-state index in [2.05, 4.69) is 71.1 Å². The minimum Gasteiger partial charge on any atom is -0.449 e. The zero-order valence-corrected chi connectivity index (χ0v) is 26.3. The lowest BCUT2D eigenvalue weighted by Gasteiger charge is -2.38. The zero-order valence-electron chi connectivity index (χ0n) is 26.3. The summed E-state index contributed by atoms with van der Waals surface area (Å²) in [6, 6.07) is 36.0. The molecule has 234 valence electrons. The Labute approximate surface area is 275 Å². The molecular weight excluding hydrogens is 582 g/mol. The number of nitrogens with zero attached hydrogens (tertiary/aromatic N) is 2. The van der Waals surface area contributed by atoms with E-state index in [9.17, 15) is 9.59 Å². The van der Waals surface area contributed by atoms with Gasteiger partial charge in [0.25, 0.3) is 0 Å². The Morgan fingerprint density at radius 3 is 2.04 bits per heavy atom. The highest BCUT2D eigenvalue weighted by molar-refractivity contribution is 5.79. The molecule has 1 aliphatic carbocycles. The number of benzene rings is 4. The van der Waals surface area contributed by atoms with E-state index in [1.165, 1.54) is 0 Å². The molecule has 0 spiro atoms. The normalized spacial score (nSPS) is 13.5. The third-order valence-electron chi connectivity index (χ3n) is 8.71. The monoisotopic (exact) mass is 619 g/mol. The number of hydrogen-bond acceptors (Lipinski definition) is 4. The number of rotatable bonds is 12. The highest BCUT2D eigenvalue weighted by Gasteiger charge is 2.39. The molecule has 0 saturated heterocycles. The van der Waals surface area contributed by atoms with Crippen LogP contribution in [0.5, 0.6) is 0 Å². The van der Waals surface area contributed by atoms with Crippen molar-refractivity contribution in [3.8, 4) is 11.1 Å². The molecule has 1 aliphatic rings. The number of allylic oxidation sites excluding steroid dienone is 5. The van der Waals surface area contributed by atoms with E-state index < -0.39 is 17.7 Å². The van der Waals surface area contributed by atoms with Crippen molar-refractivity contribution in [3.05, 3.63) is 186 Å². The summed E-state index contributed by atoms with van der Waals surface area (Å²) in [6.07, 6.45) is 11.9. The molecule has 0 fully saturated rings. The van der Waals surface area contributed by atoms with Gasteiger partial charge >= 0.3 is 6.09 Å². The molecule has 6 rings (SSSR count). The van der Waals surface area contributed by atoms with Gasteiger partial charge in [0.1, 0.15) is 18.4 Å². The number of imidazole rings is 1. The molecule has 1 N–H and O–H groups in total. The van der Waals surface area contributed by atoms with Crippen molar-refractivity contribution >= 4 is 12.4 Å². The van der Waals surface area contributed by atoms with Gasteiger partial charge in [-0.2, -0.15) is 0 Å². The second-order valence-electron chi connectivity index (χ2n) is 11.5. The number of carbonyl (C=O) groups is 2. The van der Waals surface area contributed by atoms with Crippen molar-refractivity contribution in [2.24, 2.45) is 0 Å². The number of aromatic nitrogens is 2. The molecule has 47 heavy (non-hydrogen) atoms. The maximum absolute atomic E-state index is 13.0. The first-order valence-electron chi connectivity index (χ1n) is 15.8. The number of aldehydes is 1. The van der Waals surface area contributed by atoms with Crippen LogP contribution in [0.4, 0.5) is 4.79 Å². The topological polar surface area (TPSA) is 73.2 Å². The van der Waals surface area contributed by atoms with E-state index in [0.29, 0.717) is 5.69 Å². The number of hydrogen-bond donors (Lipinski definition) is 1. The average molecular weight is 620 g/mol. The van der Waals surface area contributed by atoms with Gasteiger partial charge in [0, 0.05) is 18.5 Å². The summed E-state index contributed by atoms with van der Waals surface area (Å²) >= 11 is 0.